The van der Waals surface area contributed by atoms with Gasteiger partial charge in [0.2, 0.25) is 5.91 Å². The molecule has 0 unspecified atom stereocenters. The second-order valence-electron chi connectivity index (χ2n) is 7.80. The maximum atomic E-state index is 12.8. The van der Waals surface area contributed by atoms with Crippen LogP contribution in [0, 0.1) is 0 Å². The first-order valence-electron chi connectivity index (χ1n) is 10.2. The van der Waals surface area contributed by atoms with Gasteiger partial charge in [-0.05, 0) is 24.8 Å². The van der Waals surface area contributed by atoms with E-state index in [4.69, 9.17) is 4.74 Å². The highest BCUT2D eigenvalue weighted by Gasteiger charge is 2.35. The molecule has 0 aliphatic carbocycles. The predicted octanol–water partition coefficient (Wildman–Crippen LogP) is 2.00. The summed E-state index contributed by atoms with van der Waals surface area (Å²) in [7, 11) is 3.39. The van der Waals surface area contributed by atoms with Crippen molar-refractivity contribution in [2.24, 2.45) is 0 Å². The second kappa shape index (κ2) is 9.62. The summed E-state index contributed by atoms with van der Waals surface area (Å²) in [6.07, 6.45) is 1.99. The van der Waals surface area contributed by atoms with Gasteiger partial charge < -0.3 is 24.3 Å². The lowest BCUT2D eigenvalue weighted by molar-refractivity contribution is -0.129. The maximum absolute atomic E-state index is 12.8. The first kappa shape index (κ1) is 21.0. The Morgan fingerprint density at radius 2 is 1.76 bits per heavy atom. The second-order valence-corrected chi connectivity index (χ2v) is 7.80. The number of likely N-dealkylation sites (N-methyl/N-ethyl adjacent to an activating group) is 1. The van der Waals surface area contributed by atoms with Crippen molar-refractivity contribution in [3.05, 3.63) is 35.9 Å². The van der Waals surface area contributed by atoms with E-state index >= 15 is 0 Å². The molecule has 1 aromatic rings. The molecule has 0 bridgehead atoms. The molecule has 2 heterocycles. The minimum atomic E-state index is -0.310. The molecule has 0 aromatic heterocycles. The van der Waals surface area contributed by atoms with E-state index in [0.29, 0.717) is 26.2 Å². The first-order chi connectivity index (χ1) is 14.0. The number of piperidine rings is 1. The topological polar surface area (TPSA) is 73.4 Å². The molecule has 0 radical (unpaired) electrons. The van der Waals surface area contributed by atoms with Crippen LogP contribution >= 0.6 is 0 Å². The Labute approximate surface area is 172 Å². The Morgan fingerprint density at radius 3 is 2.41 bits per heavy atom. The van der Waals surface area contributed by atoms with Crippen LogP contribution in [0.5, 0.6) is 0 Å². The largest absolute Gasteiger partial charge is 0.445 e. The molecule has 0 atom stereocenters. The zero-order valence-electron chi connectivity index (χ0n) is 17.2. The van der Waals surface area contributed by atoms with E-state index in [1.807, 2.05) is 35.2 Å². The number of carbonyl (C=O) groups excluding carboxylic acids is 3. The van der Waals surface area contributed by atoms with Gasteiger partial charge in [0.05, 0.1) is 0 Å². The maximum Gasteiger partial charge on any atom is 0.410 e. The van der Waals surface area contributed by atoms with Crippen LogP contribution in [-0.2, 0) is 16.1 Å². The van der Waals surface area contributed by atoms with Crippen molar-refractivity contribution in [1.82, 2.24) is 19.6 Å². The van der Waals surface area contributed by atoms with Crippen molar-refractivity contribution in [2.75, 3.05) is 46.8 Å². The van der Waals surface area contributed by atoms with E-state index in [2.05, 4.69) is 0 Å². The van der Waals surface area contributed by atoms with Crippen LogP contribution in [0.15, 0.2) is 30.3 Å². The number of rotatable bonds is 5. The third-order valence-corrected chi connectivity index (χ3v) is 5.54. The normalized spacial score (nSPS) is 18.0. The van der Waals surface area contributed by atoms with Crippen molar-refractivity contribution in [2.45, 2.75) is 31.9 Å². The van der Waals surface area contributed by atoms with E-state index in [-0.39, 0.29) is 37.2 Å². The molecule has 0 spiro atoms. The standard InChI is InChI=1S/C21H30N4O4/c1-22(2)19(26)15-24-11-6-12-25(20(24)27)18-9-13-23(14-10-18)21(28)29-16-17-7-4-3-5-8-17/h3-5,7-8,18H,6,9-16H2,1-2H3. The average molecular weight is 402 g/mol. The highest BCUT2D eigenvalue weighted by atomic mass is 16.6. The zero-order chi connectivity index (χ0) is 20.8. The van der Waals surface area contributed by atoms with Crippen LogP contribution in [0.3, 0.4) is 0 Å². The van der Waals surface area contributed by atoms with Crippen LogP contribution in [0.2, 0.25) is 0 Å². The molecule has 3 rings (SSSR count). The molecule has 1 aromatic carbocycles. The van der Waals surface area contributed by atoms with Crippen molar-refractivity contribution in [1.29, 1.82) is 0 Å². The minimum Gasteiger partial charge on any atom is -0.445 e. The average Bonchev–Trinajstić information content (AvgIpc) is 2.74. The molecular formula is C21H30N4O4. The van der Waals surface area contributed by atoms with Crippen LogP contribution < -0.4 is 0 Å². The van der Waals surface area contributed by atoms with E-state index in [1.165, 1.54) is 4.90 Å². The van der Waals surface area contributed by atoms with Gasteiger partial charge in [-0.1, -0.05) is 30.3 Å². The summed E-state index contributed by atoms with van der Waals surface area (Å²) in [6, 6.07) is 9.63. The summed E-state index contributed by atoms with van der Waals surface area (Å²) in [4.78, 5) is 43.9. The summed E-state index contributed by atoms with van der Waals surface area (Å²) >= 11 is 0. The molecule has 0 N–H and O–H groups in total. The van der Waals surface area contributed by atoms with Crippen molar-refractivity contribution in [3.63, 3.8) is 0 Å². The summed E-state index contributed by atoms with van der Waals surface area (Å²) < 4.78 is 5.41. The Kier molecular flexibility index (Phi) is 6.95. The lowest BCUT2D eigenvalue weighted by Crippen LogP contribution is -2.57. The fraction of sp³-hybridized carbons (Fsp3) is 0.571. The van der Waals surface area contributed by atoms with Gasteiger partial charge in [0.1, 0.15) is 13.2 Å². The Hall–Kier alpha value is -2.77. The lowest BCUT2D eigenvalue weighted by Gasteiger charge is -2.43. The number of hydrogen-bond acceptors (Lipinski definition) is 4. The molecule has 2 saturated heterocycles. The van der Waals surface area contributed by atoms with E-state index < -0.39 is 0 Å². The molecule has 8 nitrogen and oxygen atoms in total. The summed E-state index contributed by atoms with van der Waals surface area (Å²) in [5.74, 6) is -0.0730. The highest BCUT2D eigenvalue weighted by Crippen LogP contribution is 2.22. The Morgan fingerprint density at radius 1 is 1.07 bits per heavy atom. The van der Waals surface area contributed by atoms with Gasteiger partial charge >= 0.3 is 12.1 Å². The molecule has 2 aliphatic rings. The summed E-state index contributed by atoms with van der Waals surface area (Å²) in [5, 5.41) is 0. The molecular weight excluding hydrogens is 372 g/mol. The van der Waals surface area contributed by atoms with E-state index in [1.54, 1.807) is 23.9 Å². The zero-order valence-corrected chi connectivity index (χ0v) is 17.2. The third kappa shape index (κ3) is 5.40. The number of ether oxygens (including phenoxy) is 1. The van der Waals surface area contributed by atoms with Gasteiger partial charge in [-0.2, -0.15) is 0 Å². The summed E-state index contributed by atoms with van der Waals surface area (Å²) in [5.41, 5.74) is 0.960. The monoisotopic (exact) mass is 402 g/mol. The molecule has 2 aliphatic heterocycles. The fourth-order valence-corrected chi connectivity index (χ4v) is 3.77. The molecule has 2 fully saturated rings. The van der Waals surface area contributed by atoms with Crippen molar-refractivity contribution in [3.8, 4) is 0 Å². The van der Waals surface area contributed by atoms with Gasteiger partial charge in [-0.25, -0.2) is 9.59 Å². The molecule has 8 heteroatoms. The number of likely N-dealkylation sites (tertiary alicyclic amines) is 1. The number of hydrogen-bond donors (Lipinski definition) is 0. The number of urea groups is 1. The van der Waals surface area contributed by atoms with Gasteiger partial charge in [0.25, 0.3) is 0 Å². The van der Waals surface area contributed by atoms with Crippen LogP contribution in [-0.4, -0.2) is 90.5 Å². The van der Waals surface area contributed by atoms with Gasteiger partial charge in [0.15, 0.2) is 0 Å². The predicted molar refractivity (Wildman–Crippen MR) is 108 cm³/mol. The fourth-order valence-electron chi connectivity index (χ4n) is 3.77. The van der Waals surface area contributed by atoms with Crippen molar-refractivity contribution >= 4 is 18.0 Å². The van der Waals surface area contributed by atoms with E-state index in [9.17, 15) is 14.4 Å². The number of amides is 4. The molecule has 158 valence electrons. The van der Waals surface area contributed by atoms with Gasteiger partial charge in [-0.15, -0.1) is 0 Å². The van der Waals surface area contributed by atoms with E-state index in [0.717, 1.165) is 24.8 Å². The first-order valence-corrected chi connectivity index (χ1v) is 10.2. The Balaban J connectivity index is 1.47. The van der Waals surface area contributed by atoms with Crippen LogP contribution in [0.4, 0.5) is 9.59 Å². The molecule has 0 saturated carbocycles. The van der Waals surface area contributed by atoms with Crippen LogP contribution in [0.25, 0.3) is 0 Å². The molecule has 29 heavy (non-hydrogen) atoms. The SMILES string of the molecule is CN(C)C(=O)CN1CCCN(C2CCN(C(=O)OCc3ccccc3)CC2)C1=O. The Bertz CT molecular complexity index is 717. The van der Waals surface area contributed by atoms with Gasteiger partial charge in [0, 0.05) is 46.3 Å². The minimum absolute atomic E-state index is 0.0726. The number of carbonyl (C=O) groups is 3. The quantitative estimate of drug-likeness (QED) is 0.755. The highest BCUT2D eigenvalue weighted by molar-refractivity contribution is 5.84. The van der Waals surface area contributed by atoms with Crippen LogP contribution in [0.1, 0.15) is 24.8 Å². The lowest BCUT2D eigenvalue weighted by atomic mass is 10.0. The smallest absolute Gasteiger partial charge is 0.410 e. The number of nitrogens with zero attached hydrogens (tertiary/aromatic N) is 4. The third-order valence-electron chi connectivity index (χ3n) is 5.54. The summed E-state index contributed by atoms with van der Waals surface area (Å²) in [6.45, 7) is 2.83. The molecule has 4 amide bonds. The van der Waals surface area contributed by atoms with Gasteiger partial charge in [-0.3, -0.25) is 4.79 Å². The van der Waals surface area contributed by atoms with Crippen molar-refractivity contribution < 1.29 is 19.1 Å². The number of benzene rings is 1.